The minimum atomic E-state index is -0.291. The first-order chi connectivity index (χ1) is 9.62. The summed E-state index contributed by atoms with van der Waals surface area (Å²) in [5.41, 5.74) is 0. The van der Waals surface area contributed by atoms with Gasteiger partial charge in [0.15, 0.2) is 0 Å². The SMILES string of the molecule is C/C=C/C=C/C(=O)OCC.C/C=C/C=C/C(=O)OCC. The van der Waals surface area contributed by atoms with Gasteiger partial charge >= 0.3 is 11.9 Å². The molecule has 4 nitrogen and oxygen atoms in total. The highest BCUT2D eigenvalue weighted by molar-refractivity contribution is 5.82. The van der Waals surface area contributed by atoms with Crippen LogP contribution in [0.25, 0.3) is 0 Å². The molecule has 0 unspecified atom stereocenters. The second-order valence-corrected chi connectivity index (χ2v) is 3.27. The highest BCUT2D eigenvalue weighted by atomic mass is 16.5. The van der Waals surface area contributed by atoms with Crippen LogP contribution in [0.3, 0.4) is 0 Å². The Morgan fingerprint density at radius 2 is 1.10 bits per heavy atom. The number of allylic oxidation sites excluding steroid dienone is 6. The van der Waals surface area contributed by atoms with E-state index >= 15 is 0 Å². The van der Waals surface area contributed by atoms with Crippen molar-refractivity contribution < 1.29 is 19.1 Å². The van der Waals surface area contributed by atoms with Gasteiger partial charge in [0.25, 0.3) is 0 Å². The number of carbonyl (C=O) groups is 2. The molecule has 4 heteroatoms. The third-order valence-electron chi connectivity index (χ3n) is 1.64. The Labute approximate surface area is 121 Å². The van der Waals surface area contributed by atoms with Crippen LogP contribution < -0.4 is 0 Å². The second kappa shape index (κ2) is 16.9. The lowest BCUT2D eigenvalue weighted by atomic mass is 10.4. The normalized spacial score (nSPS) is 11.0. The zero-order valence-corrected chi connectivity index (χ0v) is 12.7. The highest BCUT2D eigenvalue weighted by Crippen LogP contribution is 1.82. The van der Waals surface area contributed by atoms with E-state index < -0.39 is 0 Å². The quantitative estimate of drug-likeness (QED) is 0.425. The Bertz CT molecular complexity index is 327. The van der Waals surface area contributed by atoms with Crippen LogP contribution in [0.2, 0.25) is 0 Å². The molecule has 0 fully saturated rings. The third-order valence-corrected chi connectivity index (χ3v) is 1.64. The molecule has 0 aromatic carbocycles. The molecule has 20 heavy (non-hydrogen) atoms. The van der Waals surface area contributed by atoms with E-state index in [0.717, 1.165) is 0 Å². The van der Waals surface area contributed by atoms with Crippen molar-refractivity contribution in [2.45, 2.75) is 27.7 Å². The smallest absolute Gasteiger partial charge is 0.330 e. The van der Waals surface area contributed by atoms with Crippen LogP contribution in [0.5, 0.6) is 0 Å². The molecule has 0 heterocycles. The molecule has 0 N–H and O–H groups in total. The van der Waals surface area contributed by atoms with Crippen LogP contribution in [0.15, 0.2) is 48.6 Å². The first kappa shape index (κ1) is 20.2. The first-order valence-electron chi connectivity index (χ1n) is 6.54. The van der Waals surface area contributed by atoms with E-state index in [1.807, 2.05) is 26.0 Å². The Kier molecular flexibility index (Phi) is 17.1. The van der Waals surface area contributed by atoms with Gasteiger partial charge in [0.2, 0.25) is 0 Å². The predicted octanol–water partition coefficient (Wildman–Crippen LogP) is 3.36. The number of hydrogen-bond acceptors (Lipinski definition) is 4. The Morgan fingerprint density at radius 3 is 1.35 bits per heavy atom. The molecule has 0 amide bonds. The topological polar surface area (TPSA) is 52.6 Å². The van der Waals surface area contributed by atoms with E-state index in [2.05, 4.69) is 9.47 Å². The molecule has 112 valence electrons. The minimum absolute atomic E-state index is 0.291. The van der Waals surface area contributed by atoms with Gasteiger partial charge < -0.3 is 9.47 Å². The van der Waals surface area contributed by atoms with Crippen molar-refractivity contribution in [2.75, 3.05) is 13.2 Å². The summed E-state index contributed by atoms with van der Waals surface area (Å²) in [4.78, 5) is 21.1. The third kappa shape index (κ3) is 18.3. The molecular weight excluding hydrogens is 256 g/mol. The zero-order chi connectivity index (χ0) is 15.6. The fourth-order valence-electron chi connectivity index (χ4n) is 0.871. The van der Waals surface area contributed by atoms with Crippen LogP contribution in [-0.4, -0.2) is 25.2 Å². The molecule has 0 aromatic rings. The molecular formula is C16H24O4. The lowest BCUT2D eigenvalue weighted by Crippen LogP contribution is -1.98. The fraction of sp³-hybridized carbons (Fsp3) is 0.375. The number of ether oxygens (including phenoxy) is 2. The molecule has 0 rings (SSSR count). The predicted molar refractivity (Wildman–Crippen MR) is 81.2 cm³/mol. The van der Waals surface area contributed by atoms with Crippen molar-refractivity contribution in [1.29, 1.82) is 0 Å². The van der Waals surface area contributed by atoms with Gasteiger partial charge in [0, 0.05) is 12.2 Å². The summed E-state index contributed by atoms with van der Waals surface area (Å²) in [5, 5.41) is 0. The molecule has 0 aliphatic heterocycles. The Morgan fingerprint density at radius 1 is 0.750 bits per heavy atom. The van der Waals surface area contributed by atoms with E-state index in [1.54, 1.807) is 38.2 Å². The van der Waals surface area contributed by atoms with E-state index in [1.165, 1.54) is 12.2 Å². The van der Waals surface area contributed by atoms with Crippen molar-refractivity contribution in [3.05, 3.63) is 48.6 Å². The maximum Gasteiger partial charge on any atom is 0.330 e. The second-order valence-electron chi connectivity index (χ2n) is 3.27. The van der Waals surface area contributed by atoms with Crippen molar-refractivity contribution in [3.63, 3.8) is 0 Å². The first-order valence-corrected chi connectivity index (χ1v) is 6.54. The number of carbonyl (C=O) groups excluding carboxylic acids is 2. The Hall–Kier alpha value is -2.10. The van der Waals surface area contributed by atoms with Crippen molar-refractivity contribution in [1.82, 2.24) is 0 Å². The van der Waals surface area contributed by atoms with Crippen molar-refractivity contribution >= 4 is 11.9 Å². The van der Waals surface area contributed by atoms with Gasteiger partial charge in [0.05, 0.1) is 13.2 Å². The largest absolute Gasteiger partial charge is 0.463 e. The molecule has 0 radical (unpaired) electrons. The van der Waals surface area contributed by atoms with Gasteiger partial charge in [-0.2, -0.15) is 0 Å². The van der Waals surface area contributed by atoms with Gasteiger partial charge in [-0.1, -0.05) is 36.5 Å². The summed E-state index contributed by atoms with van der Waals surface area (Å²) >= 11 is 0. The van der Waals surface area contributed by atoms with E-state index in [4.69, 9.17) is 0 Å². The molecule has 0 aromatic heterocycles. The van der Waals surface area contributed by atoms with Crippen LogP contribution >= 0.6 is 0 Å². The highest BCUT2D eigenvalue weighted by Gasteiger charge is 1.89. The van der Waals surface area contributed by atoms with Gasteiger partial charge in [-0.3, -0.25) is 0 Å². The molecule has 0 aliphatic rings. The summed E-state index contributed by atoms with van der Waals surface area (Å²) in [6.07, 6.45) is 13.3. The number of hydrogen-bond donors (Lipinski definition) is 0. The van der Waals surface area contributed by atoms with Gasteiger partial charge in [-0.25, -0.2) is 9.59 Å². The average molecular weight is 280 g/mol. The van der Waals surface area contributed by atoms with Gasteiger partial charge in [-0.05, 0) is 27.7 Å². The van der Waals surface area contributed by atoms with Crippen LogP contribution in [0.4, 0.5) is 0 Å². The lowest BCUT2D eigenvalue weighted by Gasteiger charge is -1.92. The van der Waals surface area contributed by atoms with E-state index in [9.17, 15) is 9.59 Å². The van der Waals surface area contributed by atoms with E-state index in [-0.39, 0.29) is 11.9 Å². The summed E-state index contributed by atoms with van der Waals surface area (Å²) in [6, 6.07) is 0. The zero-order valence-electron chi connectivity index (χ0n) is 12.7. The van der Waals surface area contributed by atoms with Crippen molar-refractivity contribution in [2.24, 2.45) is 0 Å². The molecule has 0 spiro atoms. The summed E-state index contributed by atoms with van der Waals surface area (Å²) in [6.45, 7) is 8.19. The maximum absolute atomic E-state index is 10.6. The number of rotatable bonds is 6. The molecule has 0 saturated carbocycles. The van der Waals surface area contributed by atoms with Crippen molar-refractivity contribution in [3.8, 4) is 0 Å². The Balaban J connectivity index is 0. The van der Waals surface area contributed by atoms with Crippen LogP contribution in [0, 0.1) is 0 Å². The summed E-state index contributed by atoms with van der Waals surface area (Å²) < 4.78 is 9.26. The summed E-state index contributed by atoms with van der Waals surface area (Å²) in [7, 11) is 0. The molecule has 0 bridgehead atoms. The number of esters is 2. The molecule has 0 aliphatic carbocycles. The van der Waals surface area contributed by atoms with Crippen LogP contribution in [-0.2, 0) is 19.1 Å². The fourth-order valence-corrected chi connectivity index (χ4v) is 0.871. The summed E-state index contributed by atoms with van der Waals surface area (Å²) in [5.74, 6) is -0.582. The average Bonchev–Trinajstić information content (AvgIpc) is 2.41. The standard InChI is InChI=1S/2C8H12O2/c2*1-3-5-6-7-8(9)10-4-2/h2*3,5-7H,4H2,1-2H3/b2*5-3+,7-6+. The van der Waals surface area contributed by atoms with E-state index in [0.29, 0.717) is 13.2 Å². The lowest BCUT2D eigenvalue weighted by molar-refractivity contribution is -0.138. The minimum Gasteiger partial charge on any atom is -0.463 e. The molecule has 0 atom stereocenters. The monoisotopic (exact) mass is 280 g/mol. The maximum atomic E-state index is 10.6. The van der Waals surface area contributed by atoms with Crippen LogP contribution in [0.1, 0.15) is 27.7 Å². The molecule has 0 saturated heterocycles. The van der Waals surface area contributed by atoms with Gasteiger partial charge in [-0.15, -0.1) is 0 Å². The van der Waals surface area contributed by atoms with Gasteiger partial charge in [0.1, 0.15) is 0 Å².